The average molecular weight is 360 g/mol. The van der Waals surface area contributed by atoms with Crippen molar-refractivity contribution >= 4 is 34.3 Å². The number of allylic oxidation sites excluding steroid dienone is 1. The Hall–Kier alpha value is -3.29. The maximum atomic E-state index is 9.52. The number of hydrogen-bond acceptors (Lipinski definition) is 3. The van der Waals surface area contributed by atoms with E-state index in [0.717, 1.165) is 22.2 Å². The van der Waals surface area contributed by atoms with Gasteiger partial charge in [-0.25, -0.2) is 4.98 Å². The van der Waals surface area contributed by atoms with Crippen LogP contribution in [-0.4, -0.2) is 9.97 Å². The lowest BCUT2D eigenvalue weighted by Gasteiger charge is -2.00. The maximum absolute atomic E-state index is 9.52. The Bertz CT molecular complexity index is 1140. The summed E-state index contributed by atoms with van der Waals surface area (Å²) in [5, 5.41) is 10.2. The fourth-order valence-electron chi connectivity index (χ4n) is 2.71. The van der Waals surface area contributed by atoms with Gasteiger partial charge in [0.05, 0.1) is 16.6 Å². The Morgan fingerprint density at radius 2 is 2.04 bits per heavy atom. The van der Waals surface area contributed by atoms with Crippen molar-refractivity contribution in [2.45, 2.75) is 6.92 Å². The molecule has 0 atom stereocenters. The van der Waals surface area contributed by atoms with Crippen LogP contribution in [0.1, 0.15) is 17.1 Å². The van der Waals surface area contributed by atoms with Crippen molar-refractivity contribution < 1.29 is 4.42 Å². The fraction of sp³-hybridized carbons (Fsp3) is 0.0476. The molecule has 4 rings (SSSR count). The number of benzene rings is 2. The highest BCUT2D eigenvalue weighted by Gasteiger charge is 2.10. The molecule has 126 valence electrons. The van der Waals surface area contributed by atoms with Crippen molar-refractivity contribution in [3.05, 3.63) is 76.8 Å². The zero-order chi connectivity index (χ0) is 18.1. The summed E-state index contributed by atoms with van der Waals surface area (Å²) < 4.78 is 5.86. The summed E-state index contributed by atoms with van der Waals surface area (Å²) in [6.45, 7) is 1.95. The van der Waals surface area contributed by atoms with Crippen LogP contribution in [0.15, 0.2) is 59.0 Å². The second kappa shape index (κ2) is 6.55. The molecule has 0 aliphatic carbocycles. The SMILES string of the molecule is Cc1ccc(-c2ccc(C=C(C#N)c3nc4ccccc4[nH]3)o2)cc1Cl. The number of H-pyrrole nitrogens is 1. The molecule has 0 saturated heterocycles. The Morgan fingerprint density at radius 1 is 1.19 bits per heavy atom. The van der Waals surface area contributed by atoms with E-state index in [0.29, 0.717) is 27.9 Å². The molecular formula is C21H14ClN3O. The predicted molar refractivity (Wildman–Crippen MR) is 103 cm³/mol. The van der Waals surface area contributed by atoms with Crippen molar-refractivity contribution in [1.29, 1.82) is 5.26 Å². The van der Waals surface area contributed by atoms with E-state index in [-0.39, 0.29) is 0 Å². The Balaban J connectivity index is 1.69. The molecule has 4 aromatic rings. The average Bonchev–Trinajstić information content (AvgIpc) is 3.28. The quantitative estimate of drug-likeness (QED) is 0.466. The van der Waals surface area contributed by atoms with Crippen LogP contribution in [0, 0.1) is 18.3 Å². The van der Waals surface area contributed by atoms with Crippen LogP contribution in [0.2, 0.25) is 5.02 Å². The number of hydrogen-bond donors (Lipinski definition) is 1. The van der Waals surface area contributed by atoms with Crippen LogP contribution in [0.5, 0.6) is 0 Å². The minimum atomic E-state index is 0.407. The highest BCUT2D eigenvalue weighted by molar-refractivity contribution is 6.31. The number of aromatic amines is 1. The van der Waals surface area contributed by atoms with E-state index in [2.05, 4.69) is 16.0 Å². The summed E-state index contributed by atoms with van der Waals surface area (Å²) in [5.41, 5.74) is 4.02. The first-order chi connectivity index (χ1) is 12.6. The van der Waals surface area contributed by atoms with Crippen molar-refractivity contribution in [2.75, 3.05) is 0 Å². The van der Waals surface area contributed by atoms with Crippen LogP contribution in [0.4, 0.5) is 0 Å². The molecule has 5 heteroatoms. The molecule has 4 nitrogen and oxygen atoms in total. The molecule has 0 bridgehead atoms. The summed E-state index contributed by atoms with van der Waals surface area (Å²) in [6, 6.07) is 19.3. The minimum absolute atomic E-state index is 0.407. The zero-order valence-electron chi connectivity index (χ0n) is 14.0. The number of para-hydroxylation sites is 2. The number of imidazole rings is 1. The second-order valence-corrected chi connectivity index (χ2v) is 6.35. The van der Waals surface area contributed by atoms with Gasteiger partial charge < -0.3 is 9.40 Å². The molecule has 0 fully saturated rings. The van der Waals surface area contributed by atoms with Gasteiger partial charge in [-0.1, -0.05) is 35.9 Å². The lowest BCUT2D eigenvalue weighted by molar-refractivity contribution is 0.572. The third-order valence-corrected chi connectivity index (χ3v) is 4.54. The molecule has 0 unspecified atom stereocenters. The Labute approximate surface area is 155 Å². The molecule has 2 aromatic heterocycles. The van der Waals surface area contributed by atoms with E-state index in [1.807, 2.05) is 61.5 Å². The van der Waals surface area contributed by atoms with Gasteiger partial charge in [-0.3, -0.25) is 0 Å². The van der Waals surface area contributed by atoms with Gasteiger partial charge in [0.25, 0.3) is 0 Å². The maximum Gasteiger partial charge on any atom is 0.149 e. The number of furan rings is 1. The van der Waals surface area contributed by atoms with Gasteiger partial charge in [-0.15, -0.1) is 0 Å². The van der Waals surface area contributed by atoms with Crippen LogP contribution in [0.25, 0.3) is 34.0 Å². The van der Waals surface area contributed by atoms with Gasteiger partial charge in [-0.05, 0) is 42.8 Å². The van der Waals surface area contributed by atoms with E-state index < -0.39 is 0 Å². The molecule has 2 aromatic carbocycles. The number of nitrogens with zero attached hydrogens (tertiary/aromatic N) is 2. The molecule has 0 saturated carbocycles. The van der Waals surface area contributed by atoms with E-state index >= 15 is 0 Å². The molecule has 0 radical (unpaired) electrons. The topological polar surface area (TPSA) is 65.6 Å². The van der Waals surface area contributed by atoms with Crippen molar-refractivity contribution in [2.24, 2.45) is 0 Å². The van der Waals surface area contributed by atoms with Gasteiger partial charge in [0, 0.05) is 16.7 Å². The van der Waals surface area contributed by atoms with Gasteiger partial charge in [0.15, 0.2) is 0 Å². The number of nitriles is 1. The number of aryl methyl sites for hydroxylation is 1. The Morgan fingerprint density at radius 3 is 2.81 bits per heavy atom. The van der Waals surface area contributed by atoms with Crippen LogP contribution >= 0.6 is 11.6 Å². The second-order valence-electron chi connectivity index (χ2n) is 5.94. The largest absolute Gasteiger partial charge is 0.457 e. The number of nitrogens with one attached hydrogen (secondary N) is 1. The van der Waals surface area contributed by atoms with E-state index in [9.17, 15) is 5.26 Å². The van der Waals surface area contributed by atoms with Crippen LogP contribution in [0.3, 0.4) is 0 Å². The van der Waals surface area contributed by atoms with E-state index in [1.54, 1.807) is 6.08 Å². The number of rotatable bonds is 3. The minimum Gasteiger partial charge on any atom is -0.457 e. The first kappa shape index (κ1) is 16.2. The molecular weight excluding hydrogens is 346 g/mol. The summed E-state index contributed by atoms with van der Waals surface area (Å²) in [4.78, 5) is 7.62. The van der Waals surface area contributed by atoms with Gasteiger partial charge >= 0.3 is 0 Å². The molecule has 2 heterocycles. The fourth-order valence-corrected chi connectivity index (χ4v) is 2.89. The lowest BCUT2D eigenvalue weighted by Crippen LogP contribution is -1.84. The summed E-state index contributed by atoms with van der Waals surface area (Å²) in [7, 11) is 0. The molecule has 0 amide bonds. The van der Waals surface area contributed by atoms with Crippen molar-refractivity contribution in [3.63, 3.8) is 0 Å². The highest BCUT2D eigenvalue weighted by Crippen LogP contribution is 2.28. The normalized spacial score (nSPS) is 11.7. The lowest BCUT2D eigenvalue weighted by atomic mass is 10.1. The molecule has 1 N–H and O–H groups in total. The summed E-state index contributed by atoms with van der Waals surface area (Å²) >= 11 is 6.19. The van der Waals surface area contributed by atoms with Crippen molar-refractivity contribution in [1.82, 2.24) is 9.97 Å². The molecule has 0 aliphatic heterocycles. The third kappa shape index (κ3) is 3.01. The molecule has 0 aliphatic rings. The molecule has 0 spiro atoms. The smallest absolute Gasteiger partial charge is 0.149 e. The van der Waals surface area contributed by atoms with Gasteiger partial charge in [-0.2, -0.15) is 5.26 Å². The zero-order valence-corrected chi connectivity index (χ0v) is 14.7. The Kier molecular flexibility index (Phi) is 4.08. The number of fused-ring (bicyclic) bond motifs is 1. The number of halogens is 1. The monoisotopic (exact) mass is 359 g/mol. The van der Waals surface area contributed by atoms with Crippen LogP contribution in [-0.2, 0) is 0 Å². The summed E-state index contributed by atoms with van der Waals surface area (Å²) in [5.74, 6) is 1.79. The van der Waals surface area contributed by atoms with Crippen molar-refractivity contribution in [3.8, 4) is 17.4 Å². The first-order valence-corrected chi connectivity index (χ1v) is 8.45. The predicted octanol–water partition coefficient (Wildman–Crippen LogP) is 5.85. The molecule has 26 heavy (non-hydrogen) atoms. The highest BCUT2D eigenvalue weighted by atomic mass is 35.5. The van der Waals surface area contributed by atoms with E-state index in [1.165, 1.54) is 0 Å². The third-order valence-electron chi connectivity index (χ3n) is 4.13. The van der Waals surface area contributed by atoms with Gasteiger partial charge in [0.2, 0.25) is 0 Å². The number of aromatic nitrogens is 2. The summed E-state index contributed by atoms with van der Waals surface area (Å²) in [6.07, 6.45) is 1.68. The van der Waals surface area contributed by atoms with E-state index in [4.69, 9.17) is 16.0 Å². The standard InChI is InChI=1S/C21H14ClN3O/c1-13-6-7-14(11-17(13)22)20-9-8-16(26-20)10-15(12-23)21-24-18-4-2-3-5-19(18)25-21/h2-11H,1H3,(H,24,25). The first-order valence-electron chi connectivity index (χ1n) is 8.07. The van der Waals surface area contributed by atoms with Gasteiger partial charge in [0.1, 0.15) is 23.4 Å². The van der Waals surface area contributed by atoms with Crippen LogP contribution < -0.4 is 0 Å².